The van der Waals surface area contributed by atoms with E-state index in [0.717, 1.165) is 34.3 Å². The fourth-order valence-electron chi connectivity index (χ4n) is 3.48. The molecular weight excluding hydrogens is 426 g/mol. The standard InChI is InChI=1S/C23H23N5OS2/c1-4-12-28-21(29)20(22-27(3)18-8-6-7-9-19(18)30-22)31-23(28)26-17-13-15(14-24)10-11-16(17)25-5-2/h6-11,13,25H,4-5,12H2,1-3H3/b22-20-,26-23+. The number of nitrogens with one attached hydrogen (secondary N) is 1. The average molecular weight is 450 g/mol. The van der Waals surface area contributed by atoms with Gasteiger partial charge in [0.05, 0.1) is 33.7 Å². The molecule has 0 saturated carbocycles. The summed E-state index contributed by atoms with van der Waals surface area (Å²) >= 11 is 3.02. The predicted octanol–water partition coefficient (Wildman–Crippen LogP) is 5.37. The molecule has 2 aliphatic rings. The Labute approximate surface area is 191 Å². The summed E-state index contributed by atoms with van der Waals surface area (Å²) in [7, 11) is 1.99. The number of nitriles is 1. The quantitative estimate of drug-likeness (QED) is 0.619. The third-order valence-electron chi connectivity index (χ3n) is 4.95. The molecule has 31 heavy (non-hydrogen) atoms. The molecule has 0 radical (unpaired) electrons. The Morgan fingerprint density at radius 1 is 1.16 bits per heavy atom. The van der Waals surface area contributed by atoms with Crippen molar-refractivity contribution in [2.75, 3.05) is 30.4 Å². The van der Waals surface area contributed by atoms with Crippen molar-refractivity contribution >= 4 is 51.7 Å². The van der Waals surface area contributed by atoms with Gasteiger partial charge in [0.15, 0.2) is 5.17 Å². The molecule has 0 aliphatic carbocycles. The van der Waals surface area contributed by atoms with E-state index in [2.05, 4.69) is 28.4 Å². The summed E-state index contributed by atoms with van der Waals surface area (Å²) in [6, 6.07) is 15.7. The van der Waals surface area contributed by atoms with Gasteiger partial charge in [-0.05, 0) is 55.4 Å². The smallest absolute Gasteiger partial charge is 0.269 e. The highest BCUT2D eigenvalue weighted by Gasteiger charge is 2.38. The van der Waals surface area contributed by atoms with Crippen molar-refractivity contribution in [3.05, 3.63) is 58.0 Å². The Bertz CT molecular complexity index is 1140. The number of thioether (sulfide) groups is 2. The molecule has 2 aliphatic heterocycles. The number of anilines is 2. The van der Waals surface area contributed by atoms with Crippen molar-refractivity contribution in [2.45, 2.75) is 25.2 Å². The number of amidine groups is 1. The summed E-state index contributed by atoms with van der Waals surface area (Å²) in [6.45, 7) is 5.40. The Morgan fingerprint density at radius 3 is 2.68 bits per heavy atom. The minimum atomic E-state index is -0.0193. The molecule has 0 bridgehead atoms. The lowest BCUT2D eigenvalue weighted by atomic mass is 10.2. The van der Waals surface area contributed by atoms with E-state index in [-0.39, 0.29) is 5.91 Å². The van der Waals surface area contributed by atoms with Crippen LogP contribution in [0.25, 0.3) is 0 Å². The number of nitrogens with zero attached hydrogens (tertiary/aromatic N) is 4. The third kappa shape index (κ3) is 4.03. The number of hydrogen-bond acceptors (Lipinski definition) is 7. The van der Waals surface area contributed by atoms with Crippen LogP contribution >= 0.6 is 23.5 Å². The minimum absolute atomic E-state index is 0.0193. The molecule has 6 nitrogen and oxygen atoms in total. The van der Waals surface area contributed by atoms with Crippen molar-refractivity contribution in [1.29, 1.82) is 5.26 Å². The summed E-state index contributed by atoms with van der Waals surface area (Å²) in [5.74, 6) is -0.0193. The monoisotopic (exact) mass is 449 g/mol. The van der Waals surface area contributed by atoms with E-state index in [4.69, 9.17) is 4.99 Å². The maximum atomic E-state index is 13.4. The van der Waals surface area contributed by atoms with Gasteiger partial charge in [0.25, 0.3) is 5.91 Å². The van der Waals surface area contributed by atoms with Crippen LogP contribution < -0.4 is 10.2 Å². The van der Waals surface area contributed by atoms with E-state index < -0.39 is 0 Å². The van der Waals surface area contributed by atoms with Crippen molar-refractivity contribution in [2.24, 2.45) is 4.99 Å². The molecule has 4 rings (SSSR count). The van der Waals surface area contributed by atoms with Gasteiger partial charge in [-0.2, -0.15) is 5.26 Å². The van der Waals surface area contributed by atoms with Crippen LogP contribution in [0.15, 0.2) is 62.3 Å². The van der Waals surface area contributed by atoms with Gasteiger partial charge in [-0.1, -0.05) is 30.8 Å². The van der Waals surface area contributed by atoms with Crippen LogP contribution in [0.1, 0.15) is 25.8 Å². The van der Waals surface area contributed by atoms with Crippen LogP contribution in [-0.4, -0.2) is 36.1 Å². The third-order valence-corrected chi connectivity index (χ3v) is 7.39. The second-order valence-corrected chi connectivity index (χ2v) is 9.10. The van der Waals surface area contributed by atoms with E-state index in [1.807, 2.05) is 39.1 Å². The Morgan fingerprint density at radius 2 is 1.97 bits per heavy atom. The molecule has 158 valence electrons. The molecule has 1 N–H and O–H groups in total. The highest BCUT2D eigenvalue weighted by molar-refractivity contribution is 8.19. The number of aliphatic imine (C=N–C) groups is 1. The van der Waals surface area contributed by atoms with Gasteiger partial charge < -0.3 is 10.2 Å². The number of para-hydroxylation sites is 1. The zero-order valence-corrected chi connectivity index (χ0v) is 19.3. The Balaban J connectivity index is 1.76. The highest BCUT2D eigenvalue weighted by Crippen LogP contribution is 2.50. The van der Waals surface area contributed by atoms with E-state index in [1.54, 1.807) is 28.8 Å². The summed E-state index contributed by atoms with van der Waals surface area (Å²) in [6.07, 6.45) is 0.829. The Kier molecular flexibility index (Phi) is 6.25. The lowest BCUT2D eigenvalue weighted by Gasteiger charge is -2.16. The number of benzene rings is 2. The molecule has 1 amide bonds. The first-order chi connectivity index (χ1) is 15.1. The van der Waals surface area contributed by atoms with Gasteiger partial charge in [0.2, 0.25) is 0 Å². The number of carbonyl (C=O) groups excluding carboxylic acids is 1. The van der Waals surface area contributed by atoms with Crippen LogP contribution in [0, 0.1) is 11.3 Å². The number of rotatable bonds is 5. The maximum absolute atomic E-state index is 13.4. The molecule has 2 aromatic carbocycles. The molecule has 1 fully saturated rings. The molecule has 2 heterocycles. The first-order valence-corrected chi connectivity index (χ1v) is 11.8. The van der Waals surface area contributed by atoms with Crippen LogP contribution in [0.3, 0.4) is 0 Å². The molecule has 0 atom stereocenters. The normalized spacial score (nSPS) is 19.2. The Hall–Kier alpha value is -2.89. The molecule has 1 saturated heterocycles. The molecule has 8 heteroatoms. The minimum Gasteiger partial charge on any atom is -0.384 e. The fraction of sp³-hybridized carbons (Fsp3) is 0.261. The summed E-state index contributed by atoms with van der Waals surface area (Å²) in [4.78, 5) is 23.9. The van der Waals surface area contributed by atoms with Crippen LogP contribution in [0.4, 0.5) is 17.1 Å². The molecule has 0 aromatic heterocycles. The largest absolute Gasteiger partial charge is 0.384 e. The van der Waals surface area contributed by atoms with Crippen LogP contribution in [0.5, 0.6) is 0 Å². The van der Waals surface area contributed by atoms with Crippen LogP contribution in [0.2, 0.25) is 0 Å². The number of carbonyl (C=O) groups is 1. The molecule has 2 aromatic rings. The second kappa shape index (κ2) is 9.08. The summed E-state index contributed by atoms with van der Waals surface area (Å²) in [5.41, 5.74) is 3.16. The second-order valence-electron chi connectivity index (χ2n) is 7.09. The van der Waals surface area contributed by atoms with Gasteiger partial charge in [-0.15, -0.1) is 0 Å². The SMILES string of the molecule is CCCN1C(=O)/C(=C2/Sc3ccccc3N2C)S/C1=N/c1cc(C#N)ccc1NCC. The van der Waals surface area contributed by atoms with E-state index in [0.29, 0.717) is 27.9 Å². The lowest BCUT2D eigenvalue weighted by Crippen LogP contribution is -2.30. The molecular formula is C23H23N5OS2. The van der Waals surface area contributed by atoms with Gasteiger partial charge in [-0.25, -0.2) is 4.99 Å². The fourth-order valence-corrected chi connectivity index (χ4v) is 5.84. The highest BCUT2D eigenvalue weighted by atomic mass is 32.2. The van der Waals surface area contributed by atoms with Crippen molar-refractivity contribution in [3.63, 3.8) is 0 Å². The summed E-state index contributed by atoms with van der Waals surface area (Å²) in [5, 5.41) is 14.2. The van der Waals surface area contributed by atoms with E-state index >= 15 is 0 Å². The van der Waals surface area contributed by atoms with E-state index in [1.165, 1.54) is 11.8 Å². The summed E-state index contributed by atoms with van der Waals surface area (Å²) < 4.78 is 0. The topological polar surface area (TPSA) is 71.7 Å². The molecule has 0 spiro atoms. The average Bonchev–Trinajstić information content (AvgIpc) is 3.27. The van der Waals surface area contributed by atoms with Gasteiger partial charge in [0, 0.05) is 25.0 Å². The van der Waals surface area contributed by atoms with Gasteiger partial charge in [0.1, 0.15) is 4.91 Å². The predicted molar refractivity (Wildman–Crippen MR) is 130 cm³/mol. The maximum Gasteiger partial charge on any atom is 0.269 e. The van der Waals surface area contributed by atoms with E-state index in [9.17, 15) is 10.1 Å². The van der Waals surface area contributed by atoms with Crippen molar-refractivity contribution in [3.8, 4) is 6.07 Å². The number of amides is 1. The number of fused-ring (bicyclic) bond motifs is 1. The van der Waals surface area contributed by atoms with Gasteiger partial charge >= 0.3 is 0 Å². The van der Waals surface area contributed by atoms with Crippen molar-refractivity contribution in [1.82, 2.24) is 4.90 Å². The van der Waals surface area contributed by atoms with Crippen molar-refractivity contribution < 1.29 is 4.79 Å². The lowest BCUT2D eigenvalue weighted by molar-refractivity contribution is -0.122. The first-order valence-electron chi connectivity index (χ1n) is 10.2. The zero-order valence-electron chi connectivity index (χ0n) is 17.7. The zero-order chi connectivity index (χ0) is 22.0. The first kappa shape index (κ1) is 21.3. The number of hydrogen-bond donors (Lipinski definition) is 1. The van der Waals surface area contributed by atoms with Crippen LogP contribution in [-0.2, 0) is 4.79 Å². The molecule has 0 unspecified atom stereocenters. The van der Waals surface area contributed by atoms with Gasteiger partial charge in [-0.3, -0.25) is 9.69 Å².